The van der Waals surface area contributed by atoms with Gasteiger partial charge < -0.3 is 0 Å². The lowest BCUT2D eigenvalue weighted by Crippen LogP contribution is -2.30. The summed E-state index contributed by atoms with van der Waals surface area (Å²) in [6, 6.07) is 9.68. The fourth-order valence-electron chi connectivity index (χ4n) is 3.16. The Labute approximate surface area is 170 Å². The number of aromatic nitrogens is 5. The molecule has 1 unspecified atom stereocenters. The summed E-state index contributed by atoms with van der Waals surface area (Å²) >= 11 is 0. The molecule has 0 amide bonds. The zero-order chi connectivity index (χ0) is 20.6. The van der Waals surface area contributed by atoms with Gasteiger partial charge in [-0.2, -0.15) is 0 Å². The number of sulfonamides is 1. The smallest absolute Gasteiger partial charge is 0.239 e. The van der Waals surface area contributed by atoms with E-state index < -0.39 is 15.3 Å². The molecule has 29 heavy (non-hydrogen) atoms. The Morgan fingerprint density at radius 1 is 1.14 bits per heavy atom. The van der Waals surface area contributed by atoms with Gasteiger partial charge in [0.1, 0.15) is 5.82 Å². The van der Waals surface area contributed by atoms with Crippen molar-refractivity contribution in [3.63, 3.8) is 0 Å². The minimum atomic E-state index is -3.70. The second-order valence-electron chi connectivity index (χ2n) is 7.88. The molecule has 1 N–H and O–H groups in total. The fraction of sp³-hybridized carbons (Fsp3) is 0.400. The van der Waals surface area contributed by atoms with Gasteiger partial charge >= 0.3 is 0 Å². The van der Waals surface area contributed by atoms with Gasteiger partial charge in [-0.25, -0.2) is 18.4 Å². The Balaban J connectivity index is 1.61. The highest BCUT2D eigenvalue weighted by molar-refractivity contribution is 7.93. The first-order valence-corrected chi connectivity index (χ1v) is 11.1. The summed E-state index contributed by atoms with van der Waals surface area (Å²) in [5.74, 6) is 1.41. The Bertz CT molecular complexity index is 1110. The number of rotatable bonds is 7. The van der Waals surface area contributed by atoms with Gasteiger partial charge in [0.2, 0.25) is 16.0 Å². The molecule has 0 saturated heterocycles. The predicted octanol–water partition coefficient (Wildman–Crippen LogP) is 2.93. The number of aryl methyl sites for hydroxylation is 1. The molecular formula is C20H24N6O2S. The van der Waals surface area contributed by atoms with Crippen LogP contribution in [0.5, 0.6) is 0 Å². The lowest BCUT2D eigenvalue weighted by atomic mass is 10.2. The minimum Gasteiger partial charge on any atom is -0.287 e. The third-order valence-corrected chi connectivity index (χ3v) is 6.97. The molecule has 4 rings (SSSR count). The largest absolute Gasteiger partial charge is 0.287 e. The maximum Gasteiger partial charge on any atom is 0.239 e. The van der Waals surface area contributed by atoms with Crippen molar-refractivity contribution in [3.8, 4) is 11.4 Å². The normalized spacial score (nSPS) is 16.4. The first-order valence-electron chi connectivity index (χ1n) is 9.59. The van der Waals surface area contributed by atoms with Crippen LogP contribution in [0.2, 0.25) is 0 Å². The van der Waals surface area contributed by atoms with Crippen molar-refractivity contribution in [1.82, 2.24) is 24.7 Å². The second-order valence-corrected chi connectivity index (χ2v) is 9.98. The third-order valence-electron chi connectivity index (χ3n) is 5.28. The maximum atomic E-state index is 13.0. The molecule has 1 aromatic carbocycles. The Hall–Kier alpha value is -2.81. The predicted molar refractivity (Wildman–Crippen MR) is 111 cm³/mol. The SMILES string of the molecule is Cc1cnc(CC(C)S(=O)(=O)Nc2nnc(-c3ccccc3)n2C2(C)CC2)nc1. The summed E-state index contributed by atoms with van der Waals surface area (Å²) in [7, 11) is -3.70. The standard InChI is InChI=1S/C20H24N6O2S/c1-14-12-21-17(22-13-14)11-15(2)29(27,28)25-19-24-23-18(16-7-5-4-6-8-16)26(19)20(3)9-10-20/h4-8,12-13,15H,9-11H2,1-3H3,(H,24,25). The summed E-state index contributed by atoms with van der Waals surface area (Å²) in [5.41, 5.74) is 1.65. The third kappa shape index (κ3) is 4.00. The average Bonchev–Trinajstić information content (AvgIpc) is 3.30. The van der Waals surface area contributed by atoms with Gasteiger partial charge in [-0.05, 0) is 39.2 Å². The van der Waals surface area contributed by atoms with E-state index in [0.717, 1.165) is 24.0 Å². The van der Waals surface area contributed by atoms with Crippen LogP contribution in [0.3, 0.4) is 0 Å². The van der Waals surface area contributed by atoms with E-state index in [4.69, 9.17) is 0 Å². The molecule has 0 bridgehead atoms. The highest BCUT2D eigenvalue weighted by Crippen LogP contribution is 2.46. The van der Waals surface area contributed by atoms with E-state index in [1.165, 1.54) is 0 Å². The lowest BCUT2D eigenvalue weighted by Gasteiger charge is -2.19. The molecule has 0 aliphatic heterocycles. The summed E-state index contributed by atoms with van der Waals surface area (Å²) in [6.07, 6.45) is 5.49. The average molecular weight is 413 g/mol. The Morgan fingerprint density at radius 3 is 2.41 bits per heavy atom. The quantitative estimate of drug-likeness (QED) is 0.640. The highest BCUT2D eigenvalue weighted by Gasteiger charge is 2.44. The van der Waals surface area contributed by atoms with Gasteiger partial charge in [0.05, 0.1) is 5.25 Å². The first-order chi connectivity index (χ1) is 13.8. The zero-order valence-corrected chi connectivity index (χ0v) is 17.5. The molecule has 152 valence electrons. The van der Waals surface area contributed by atoms with E-state index in [9.17, 15) is 8.42 Å². The lowest BCUT2D eigenvalue weighted by molar-refractivity contribution is 0.541. The van der Waals surface area contributed by atoms with E-state index in [-0.39, 0.29) is 17.9 Å². The molecule has 9 heteroatoms. The molecule has 2 heterocycles. The topological polar surface area (TPSA) is 103 Å². The molecule has 1 fully saturated rings. The number of anilines is 1. The molecule has 8 nitrogen and oxygen atoms in total. The summed E-state index contributed by atoms with van der Waals surface area (Å²) in [4.78, 5) is 8.43. The van der Waals surface area contributed by atoms with Crippen molar-refractivity contribution in [2.45, 2.75) is 50.8 Å². The summed E-state index contributed by atoms with van der Waals surface area (Å²) in [6.45, 7) is 5.62. The summed E-state index contributed by atoms with van der Waals surface area (Å²) < 4.78 is 30.5. The van der Waals surface area contributed by atoms with Crippen molar-refractivity contribution in [3.05, 3.63) is 54.1 Å². The zero-order valence-electron chi connectivity index (χ0n) is 16.7. The van der Waals surface area contributed by atoms with E-state index in [1.807, 2.05) is 41.8 Å². The number of hydrogen-bond donors (Lipinski definition) is 1. The molecule has 2 aromatic heterocycles. The van der Waals surface area contributed by atoms with E-state index in [1.54, 1.807) is 19.3 Å². The molecular weight excluding hydrogens is 388 g/mol. The molecule has 1 aliphatic rings. The van der Waals surface area contributed by atoms with Gasteiger partial charge in [0.25, 0.3) is 0 Å². The molecule has 1 aliphatic carbocycles. The van der Waals surface area contributed by atoms with Gasteiger partial charge in [-0.1, -0.05) is 30.3 Å². The van der Waals surface area contributed by atoms with Crippen LogP contribution in [0.1, 0.15) is 38.1 Å². The maximum absolute atomic E-state index is 13.0. The number of nitrogens with zero attached hydrogens (tertiary/aromatic N) is 5. The first kappa shape index (κ1) is 19.5. The van der Waals surface area contributed by atoms with Crippen molar-refractivity contribution in [2.24, 2.45) is 0 Å². The Morgan fingerprint density at radius 2 is 1.79 bits per heavy atom. The highest BCUT2D eigenvalue weighted by atomic mass is 32.2. The monoisotopic (exact) mass is 412 g/mol. The number of benzene rings is 1. The molecule has 1 saturated carbocycles. The van der Waals surface area contributed by atoms with Crippen LogP contribution in [0, 0.1) is 6.92 Å². The van der Waals surface area contributed by atoms with Gasteiger partial charge in [0.15, 0.2) is 5.82 Å². The van der Waals surface area contributed by atoms with Crippen LogP contribution in [-0.2, 0) is 22.0 Å². The number of nitrogens with one attached hydrogen (secondary N) is 1. The van der Waals surface area contributed by atoms with Gasteiger partial charge in [-0.15, -0.1) is 10.2 Å². The van der Waals surface area contributed by atoms with Crippen LogP contribution in [0.4, 0.5) is 5.95 Å². The minimum absolute atomic E-state index is 0.185. The summed E-state index contributed by atoms with van der Waals surface area (Å²) in [5, 5.41) is 7.75. The van der Waals surface area contributed by atoms with Crippen LogP contribution in [0.25, 0.3) is 11.4 Å². The van der Waals surface area contributed by atoms with E-state index in [0.29, 0.717) is 11.6 Å². The molecule has 0 radical (unpaired) electrons. The van der Waals surface area contributed by atoms with Crippen molar-refractivity contribution in [2.75, 3.05) is 4.72 Å². The van der Waals surface area contributed by atoms with Crippen molar-refractivity contribution >= 4 is 16.0 Å². The van der Waals surface area contributed by atoms with E-state index in [2.05, 4.69) is 31.8 Å². The Kier molecular flexibility index (Phi) is 4.85. The van der Waals surface area contributed by atoms with Crippen LogP contribution < -0.4 is 4.72 Å². The van der Waals surface area contributed by atoms with Gasteiger partial charge in [-0.3, -0.25) is 9.29 Å². The second kappa shape index (κ2) is 7.22. The molecule has 3 aromatic rings. The van der Waals surface area contributed by atoms with Crippen LogP contribution >= 0.6 is 0 Å². The van der Waals surface area contributed by atoms with Crippen LogP contribution in [0.15, 0.2) is 42.7 Å². The van der Waals surface area contributed by atoms with Gasteiger partial charge in [0, 0.05) is 29.9 Å². The fourth-order valence-corrected chi connectivity index (χ4v) is 4.12. The molecule has 1 atom stereocenters. The number of hydrogen-bond acceptors (Lipinski definition) is 6. The van der Waals surface area contributed by atoms with Crippen molar-refractivity contribution < 1.29 is 8.42 Å². The van der Waals surface area contributed by atoms with Crippen LogP contribution in [-0.4, -0.2) is 38.4 Å². The van der Waals surface area contributed by atoms with Crippen molar-refractivity contribution in [1.29, 1.82) is 0 Å². The molecule has 0 spiro atoms. The van der Waals surface area contributed by atoms with E-state index >= 15 is 0 Å².